The Morgan fingerprint density at radius 2 is 1.79 bits per heavy atom. The van der Waals surface area contributed by atoms with Gasteiger partial charge in [0.05, 0.1) is 7.11 Å². The summed E-state index contributed by atoms with van der Waals surface area (Å²) >= 11 is 0. The van der Waals surface area contributed by atoms with Crippen LogP contribution in [0.3, 0.4) is 0 Å². The Hall–Kier alpha value is -2.66. The average molecular weight is 378 g/mol. The van der Waals surface area contributed by atoms with Crippen LogP contribution >= 0.6 is 0 Å². The molecule has 2 atom stereocenters. The number of methoxy groups -OCH3 is 1. The quantitative estimate of drug-likeness (QED) is 0.720. The van der Waals surface area contributed by atoms with Gasteiger partial charge in [-0.1, -0.05) is 30.3 Å². The first-order chi connectivity index (χ1) is 13.7. The first kappa shape index (κ1) is 18.7. The molecule has 0 aliphatic carbocycles. The summed E-state index contributed by atoms with van der Waals surface area (Å²) in [6, 6.07) is 17.7. The highest BCUT2D eigenvalue weighted by Crippen LogP contribution is 2.39. The predicted molar refractivity (Wildman–Crippen MR) is 107 cm³/mol. The molecule has 2 fully saturated rings. The number of nitrogens with zero attached hydrogens (tertiary/aromatic N) is 2. The second-order valence-electron chi connectivity index (χ2n) is 7.52. The van der Waals surface area contributed by atoms with Gasteiger partial charge in [0.1, 0.15) is 11.9 Å². The molecule has 28 heavy (non-hydrogen) atoms. The van der Waals surface area contributed by atoms with E-state index in [9.17, 15) is 9.59 Å². The van der Waals surface area contributed by atoms with Crippen molar-refractivity contribution in [3.63, 3.8) is 0 Å². The van der Waals surface area contributed by atoms with Crippen molar-refractivity contribution in [1.29, 1.82) is 0 Å². The second kappa shape index (κ2) is 8.15. The molecule has 0 radical (unpaired) electrons. The lowest BCUT2D eigenvalue weighted by Crippen LogP contribution is -2.35. The van der Waals surface area contributed by atoms with Crippen LogP contribution in [0.4, 0.5) is 0 Å². The molecule has 1 amide bonds. The average Bonchev–Trinajstić information content (AvgIpc) is 3.33. The van der Waals surface area contributed by atoms with Gasteiger partial charge in [0, 0.05) is 37.5 Å². The Morgan fingerprint density at radius 3 is 2.50 bits per heavy atom. The van der Waals surface area contributed by atoms with Crippen LogP contribution in [0, 0.1) is 0 Å². The maximum Gasteiger partial charge on any atom is 0.224 e. The third-order valence-corrected chi connectivity index (χ3v) is 5.84. The number of ether oxygens (including phenoxy) is 1. The number of hydrogen-bond donors (Lipinski definition) is 0. The van der Waals surface area contributed by atoms with E-state index in [-0.39, 0.29) is 30.7 Å². The molecule has 2 heterocycles. The van der Waals surface area contributed by atoms with Crippen molar-refractivity contribution in [3.8, 4) is 5.75 Å². The van der Waals surface area contributed by atoms with Crippen LogP contribution < -0.4 is 4.74 Å². The van der Waals surface area contributed by atoms with Gasteiger partial charge in [0.15, 0.2) is 5.78 Å². The number of hydrogen-bond acceptors (Lipinski definition) is 4. The van der Waals surface area contributed by atoms with Gasteiger partial charge in [-0.25, -0.2) is 0 Å². The summed E-state index contributed by atoms with van der Waals surface area (Å²) < 4.78 is 5.13. The zero-order chi connectivity index (χ0) is 19.5. The maximum atomic E-state index is 13.0. The van der Waals surface area contributed by atoms with Crippen molar-refractivity contribution in [1.82, 2.24) is 9.80 Å². The Kier molecular flexibility index (Phi) is 5.44. The van der Waals surface area contributed by atoms with Crippen molar-refractivity contribution in [3.05, 3.63) is 65.7 Å². The summed E-state index contributed by atoms with van der Waals surface area (Å²) in [7, 11) is 1.60. The van der Waals surface area contributed by atoms with Crippen molar-refractivity contribution >= 4 is 11.7 Å². The number of ketones is 1. The molecule has 2 aromatic rings. The lowest BCUT2D eigenvalue weighted by Gasteiger charge is -2.30. The van der Waals surface area contributed by atoms with Gasteiger partial charge in [-0.2, -0.15) is 0 Å². The van der Waals surface area contributed by atoms with Crippen molar-refractivity contribution in [2.75, 3.05) is 20.2 Å². The maximum absolute atomic E-state index is 13.0. The highest BCUT2D eigenvalue weighted by atomic mass is 16.5. The molecule has 0 spiro atoms. The Labute approximate surface area is 165 Å². The predicted octanol–water partition coefficient (Wildman–Crippen LogP) is 3.66. The van der Waals surface area contributed by atoms with Crippen LogP contribution in [-0.4, -0.2) is 47.7 Å². The smallest absolute Gasteiger partial charge is 0.224 e. The molecular weight excluding hydrogens is 352 g/mol. The van der Waals surface area contributed by atoms with Gasteiger partial charge in [0.2, 0.25) is 5.91 Å². The van der Waals surface area contributed by atoms with Gasteiger partial charge in [-0.05, 0) is 42.7 Å². The molecule has 4 rings (SSSR count). The Bertz CT molecular complexity index is 835. The third-order valence-electron chi connectivity index (χ3n) is 5.84. The monoisotopic (exact) mass is 378 g/mol. The molecule has 2 aromatic carbocycles. The molecule has 5 nitrogen and oxygen atoms in total. The number of benzene rings is 2. The highest BCUT2D eigenvalue weighted by molar-refractivity contribution is 5.98. The largest absolute Gasteiger partial charge is 0.497 e. The van der Waals surface area contributed by atoms with E-state index in [2.05, 4.69) is 17.0 Å². The minimum atomic E-state index is -0.00744. The minimum Gasteiger partial charge on any atom is -0.497 e. The zero-order valence-corrected chi connectivity index (χ0v) is 16.2. The second-order valence-corrected chi connectivity index (χ2v) is 7.52. The summed E-state index contributed by atoms with van der Waals surface area (Å²) in [5.41, 5.74) is 1.77. The fourth-order valence-electron chi connectivity index (χ4n) is 4.40. The van der Waals surface area contributed by atoms with Gasteiger partial charge in [-0.3, -0.25) is 14.5 Å². The number of fused-ring (bicyclic) bond motifs is 1. The highest BCUT2D eigenvalue weighted by Gasteiger charge is 2.44. The number of Topliss-reactive ketones (excluding diaryl/α,β-unsaturated/α-hetero) is 1. The summed E-state index contributed by atoms with van der Waals surface area (Å²) in [5, 5.41) is 0. The molecular formula is C23H26N2O3. The lowest BCUT2D eigenvalue weighted by molar-refractivity contribution is -0.133. The summed E-state index contributed by atoms with van der Waals surface area (Å²) in [5.74, 6) is 0.771. The van der Waals surface area contributed by atoms with Crippen LogP contribution in [-0.2, 0) is 4.79 Å². The minimum absolute atomic E-state index is 0.00251. The van der Waals surface area contributed by atoms with Crippen molar-refractivity contribution < 1.29 is 14.3 Å². The molecule has 0 bridgehead atoms. The molecule has 0 aromatic heterocycles. The number of carbonyl (C=O) groups excluding carboxylic acids is 2. The standard InChI is InChI=1S/C23H26N2O3/c1-28-20-11-9-17(10-12-20)21(26)13-14-22(27)25-16-19-8-5-15-24(19)23(25)18-6-3-2-4-7-18/h2-4,6-7,9-12,19,23H,5,8,13-16H2,1H3. The SMILES string of the molecule is COc1ccc(C(=O)CCC(=O)N2CC3CCCN3C2c2ccccc2)cc1. The van der Waals surface area contributed by atoms with E-state index in [4.69, 9.17) is 4.74 Å². The van der Waals surface area contributed by atoms with Crippen LogP contribution in [0.2, 0.25) is 0 Å². The van der Waals surface area contributed by atoms with Crippen molar-refractivity contribution in [2.45, 2.75) is 37.9 Å². The Balaban J connectivity index is 1.43. The fraction of sp³-hybridized carbons (Fsp3) is 0.391. The normalized spacial score (nSPS) is 21.5. The van der Waals surface area contributed by atoms with E-state index in [1.807, 2.05) is 23.1 Å². The summed E-state index contributed by atoms with van der Waals surface area (Å²) in [6.07, 6.45) is 2.80. The van der Waals surface area contributed by atoms with E-state index in [1.165, 1.54) is 6.42 Å². The van der Waals surface area contributed by atoms with Gasteiger partial charge in [-0.15, -0.1) is 0 Å². The molecule has 2 aliphatic heterocycles. The van der Waals surface area contributed by atoms with Crippen molar-refractivity contribution in [2.24, 2.45) is 0 Å². The van der Waals surface area contributed by atoms with E-state index in [1.54, 1.807) is 31.4 Å². The van der Waals surface area contributed by atoms with E-state index in [0.717, 1.165) is 30.8 Å². The van der Waals surface area contributed by atoms with Crippen LogP contribution in [0.15, 0.2) is 54.6 Å². The molecule has 2 aliphatic rings. The van der Waals surface area contributed by atoms with E-state index < -0.39 is 0 Å². The zero-order valence-electron chi connectivity index (χ0n) is 16.2. The number of rotatable bonds is 6. The molecule has 2 unspecified atom stereocenters. The molecule has 5 heteroatoms. The Morgan fingerprint density at radius 1 is 1.04 bits per heavy atom. The van der Waals surface area contributed by atoms with Gasteiger partial charge in [0.25, 0.3) is 0 Å². The molecule has 2 saturated heterocycles. The van der Waals surface area contributed by atoms with Crippen LogP contribution in [0.25, 0.3) is 0 Å². The topological polar surface area (TPSA) is 49.9 Å². The van der Waals surface area contributed by atoms with E-state index in [0.29, 0.717) is 11.6 Å². The molecule has 0 saturated carbocycles. The van der Waals surface area contributed by atoms with Crippen LogP contribution in [0.5, 0.6) is 5.75 Å². The fourth-order valence-corrected chi connectivity index (χ4v) is 4.40. The summed E-state index contributed by atoms with van der Waals surface area (Å²) in [6.45, 7) is 1.79. The van der Waals surface area contributed by atoms with E-state index >= 15 is 0 Å². The first-order valence-corrected chi connectivity index (χ1v) is 9.95. The van der Waals surface area contributed by atoms with Gasteiger partial charge >= 0.3 is 0 Å². The number of carbonyl (C=O) groups is 2. The van der Waals surface area contributed by atoms with Gasteiger partial charge < -0.3 is 9.64 Å². The lowest BCUT2D eigenvalue weighted by atomic mass is 10.1. The summed E-state index contributed by atoms with van der Waals surface area (Å²) in [4.78, 5) is 29.9. The molecule has 146 valence electrons. The molecule has 0 N–H and O–H groups in total. The number of amides is 1. The third kappa shape index (κ3) is 3.67. The van der Waals surface area contributed by atoms with Crippen LogP contribution in [0.1, 0.15) is 47.8 Å². The first-order valence-electron chi connectivity index (χ1n) is 9.95.